The van der Waals surface area contributed by atoms with E-state index in [1.807, 2.05) is 48.2 Å². The van der Waals surface area contributed by atoms with Crippen LogP contribution in [0.1, 0.15) is 57.3 Å². The number of hydrogen-bond donors (Lipinski definition) is 2. The first-order valence-corrected chi connectivity index (χ1v) is 13.5. The molecule has 2 aliphatic rings. The lowest BCUT2D eigenvalue weighted by molar-refractivity contribution is -0.135. The average molecular weight is 512 g/mol. The molecule has 8 heteroatoms. The Balaban J connectivity index is 1.75. The van der Waals surface area contributed by atoms with Crippen molar-refractivity contribution in [3.05, 3.63) is 42.1 Å². The van der Waals surface area contributed by atoms with Crippen molar-refractivity contribution in [2.45, 2.75) is 71.1 Å². The van der Waals surface area contributed by atoms with E-state index >= 15 is 0 Å². The van der Waals surface area contributed by atoms with Gasteiger partial charge in [-0.05, 0) is 62.4 Å². The highest BCUT2D eigenvalue weighted by atomic mass is 16.2. The minimum atomic E-state index is -0.404. The summed E-state index contributed by atoms with van der Waals surface area (Å²) in [5.41, 5.74) is 2.36. The molecule has 2 N–H and O–H groups in total. The van der Waals surface area contributed by atoms with E-state index in [1.54, 1.807) is 11.9 Å². The van der Waals surface area contributed by atoms with Gasteiger partial charge in [-0.3, -0.25) is 14.4 Å². The fourth-order valence-electron chi connectivity index (χ4n) is 5.55. The Morgan fingerprint density at radius 3 is 2.16 bits per heavy atom. The van der Waals surface area contributed by atoms with Gasteiger partial charge in [0.05, 0.1) is 24.7 Å². The molecule has 0 saturated carbocycles. The van der Waals surface area contributed by atoms with Crippen molar-refractivity contribution in [1.29, 1.82) is 0 Å². The molecule has 2 aliphatic heterocycles. The number of benzene rings is 1. The summed E-state index contributed by atoms with van der Waals surface area (Å²) < 4.78 is 0. The number of amides is 2. The van der Waals surface area contributed by atoms with Gasteiger partial charge in [-0.15, -0.1) is 0 Å². The molecule has 2 fully saturated rings. The van der Waals surface area contributed by atoms with Crippen LogP contribution in [0.2, 0.25) is 0 Å². The minimum absolute atomic E-state index is 0.00211. The molecule has 2 saturated heterocycles. The van der Waals surface area contributed by atoms with Crippen molar-refractivity contribution in [1.82, 2.24) is 20.4 Å². The molecule has 0 aromatic heterocycles. The van der Waals surface area contributed by atoms with E-state index in [1.165, 1.54) is 0 Å². The van der Waals surface area contributed by atoms with Crippen molar-refractivity contribution in [2.24, 2.45) is 11.8 Å². The zero-order chi connectivity index (χ0) is 27.4. The van der Waals surface area contributed by atoms with Gasteiger partial charge >= 0.3 is 0 Å². The molecule has 8 nitrogen and oxygen atoms in total. The first kappa shape index (κ1) is 28.7. The first-order chi connectivity index (χ1) is 17.4. The number of likely N-dealkylation sites (tertiary alicyclic amines) is 2. The lowest BCUT2D eigenvalue weighted by atomic mass is 9.99. The summed E-state index contributed by atoms with van der Waals surface area (Å²) in [7, 11) is 5.73. The molecule has 3 rings (SSSR count). The molecule has 0 aliphatic carbocycles. The van der Waals surface area contributed by atoms with E-state index in [2.05, 4.69) is 44.9 Å². The third-order valence-electron chi connectivity index (χ3n) is 7.49. The monoisotopic (exact) mass is 511 g/mol. The highest BCUT2D eigenvalue weighted by molar-refractivity contribution is 5.96. The van der Waals surface area contributed by atoms with E-state index < -0.39 is 6.04 Å². The summed E-state index contributed by atoms with van der Waals surface area (Å²) in [5.74, 6) is 0.576. The summed E-state index contributed by atoms with van der Waals surface area (Å²) in [4.78, 5) is 45.5. The van der Waals surface area contributed by atoms with Crippen LogP contribution in [0, 0.1) is 11.8 Å². The Labute approximate surface area is 222 Å². The number of nitrogens with zero attached hydrogens (tertiary/aromatic N) is 3. The Morgan fingerprint density at radius 1 is 1.03 bits per heavy atom. The average Bonchev–Trinajstić information content (AvgIpc) is 3.42. The summed E-state index contributed by atoms with van der Waals surface area (Å²) in [6.07, 6.45) is 2.15. The third kappa shape index (κ3) is 6.53. The van der Waals surface area contributed by atoms with Crippen LogP contribution < -0.4 is 15.5 Å². The SMILES string of the molecule is C=C([C@H](CC(C)C)NC(=O)c1ccc(N(C)C)cc1)N1CC[C@@H]2[C@H]1C(=O)CN2C(=O)[C@H](CC(C)C)NC. The van der Waals surface area contributed by atoms with E-state index in [9.17, 15) is 14.4 Å². The molecule has 0 bridgehead atoms. The number of anilines is 1. The number of carbonyl (C=O) groups excluding carboxylic acids is 3. The van der Waals surface area contributed by atoms with Crippen LogP contribution in [0.3, 0.4) is 0 Å². The highest BCUT2D eigenvalue weighted by Crippen LogP contribution is 2.34. The number of rotatable bonds is 11. The maximum absolute atomic E-state index is 13.3. The van der Waals surface area contributed by atoms with E-state index in [0.29, 0.717) is 36.8 Å². The third-order valence-corrected chi connectivity index (χ3v) is 7.49. The molecule has 0 spiro atoms. The van der Waals surface area contributed by atoms with Crippen molar-refractivity contribution in [3.63, 3.8) is 0 Å². The largest absolute Gasteiger partial charge is 0.378 e. The second-order valence-electron chi connectivity index (χ2n) is 11.5. The molecule has 0 unspecified atom stereocenters. The van der Waals surface area contributed by atoms with E-state index in [4.69, 9.17) is 0 Å². The van der Waals surface area contributed by atoms with Crippen LogP contribution >= 0.6 is 0 Å². The van der Waals surface area contributed by atoms with Crippen LogP contribution in [-0.2, 0) is 9.59 Å². The fourth-order valence-corrected chi connectivity index (χ4v) is 5.55. The smallest absolute Gasteiger partial charge is 0.251 e. The Morgan fingerprint density at radius 2 is 1.62 bits per heavy atom. The van der Waals surface area contributed by atoms with E-state index in [0.717, 1.165) is 17.8 Å². The zero-order valence-corrected chi connectivity index (χ0v) is 23.6. The molecule has 1 aromatic carbocycles. The second-order valence-corrected chi connectivity index (χ2v) is 11.5. The predicted molar refractivity (Wildman–Crippen MR) is 149 cm³/mol. The normalized spacial score (nSPS) is 20.8. The molecular weight excluding hydrogens is 466 g/mol. The van der Waals surface area contributed by atoms with Crippen molar-refractivity contribution in [3.8, 4) is 0 Å². The summed E-state index contributed by atoms with van der Waals surface area (Å²) in [6.45, 7) is 13.5. The topological polar surface area (TPSA) is 85.0 Å². The van der Waals surface area contributed by atoms with Crippen molar-refractivity contribution < 1.29 is 14.4 Å². The van der Waals surface area contributed by atoms with Gasteiger partial charge in [0.15, 0.2) is 5.78 Å². The van der Waals surface area contributed by atoms with Gasteiger partial charge in [-0.25, -0.2) is 0 Å². The Bertz CT molecular complexity index is 988. The van der Waals surface area contributed by atoms with Gasteiger partial charge in [0.25, 0.3) is 5.91 Å². The van der Waals surface area contributed by atoms with Gasteiger partial charge in [0, 0.05) is 37.6 Å². The number of carbonyl (C=O) groups is 3. The molecule has 204 valence electrons. The first-order valence-electron chi connectivity index (χ1n) is 13.5. The van der Waals surface area contributed by atoms with Crippen LogP contribution in [-0.4, -0.2) is 85.8 Å². The summed E-state index contributed by atoms with van der Waals surface area (Å²) in [6, 6.07) is 6.34. The summed E-state index contributed by atoms with van der Waals surface area (Å²) >= 11 is 0. The molecule has 2 amide bonds. The Kier molecular flexibility index (Phi) is 9.40. The van der Waals surface area contributed by atoms with Gasteiger partial charge in [-0.1, -0.05) is 34.3 Å². The number of nitrogens with one attached hydrogen (secondary N) is 2. The standard InChI is InChI=1S/C29H45N5O3/c1-18(2)15-23(31-28(36)21-9-11-22(12-10-21)32(7)8)20(5)33-14-13-25-27(33)26(35)17-34(25)29(37)24(30-6)16-19(3)4/h9-12,18-19,23-25,27,30H,5,13-17H2,1-4,6-8H3,(H,31,36)/t23-,24-,25+,27-/m0/s1. The highest BCUT2D eigenvalue weighted by Gasteiger charge is 2.51. The molecule has 1 aromatic rings. The zero-order valence-electron chi connectivity index (χ0n) is 23.6. The number of ketones is 1. The Hall–Kier alpha value is -2.87. The minimum Gasteiger partial charge on any atom is -0.378 e. The van der Waals surface area contributed by atoms with Crippen LogP contribution in [0.5, 0.6) is 0 Å². The van der Waals surface area contributed by atoms with Crippen LogP contribution in [0.15, 0.2) is 36.5 Å². The van der Waals surface area contributed by atoms with Crippen molar-refractivity contribution >= 4 is 23.3 Å². The summed E-state index contributed by atoms with van der Waals surface area (Å²) in [5, 5.41) is 6.31. The van der Waals surface area contributed by atoms with Gasteiger partial charge in [-0.2, -0.15) is 0 Å². The molecule has 2 heterocycles. The maximum atomic E-state index is 13.3. The second kappa shape index (κ2) is 12.1. The molecule has 0 radical (unpaired) electrons. The van der Waals surface area contributed by atoms with Gasteiger partial charge in [0.2, 0.25) is 5.91 Å². The number of hydrogen-bond acceptors (Lipinski definition) is 6. The quantitative estimate of drug-likeness (QED) is 0.475. The number of likely N-dealkylation sites (N-methyl/N-ethyl adjacent to an activating group) is 1. The predicted octanol–water partition coefficient (Wildman–Crippen LogP) is 2.90. The lowest BCUT2D eigenvalue weighted by Crippen LogP contribution is -2.49. The fraction of sp³-hybridized carbons (Fsp3) is 0.621. The van der Waals surface area contributed by atoms with E-state index in [-0.39, 0.29) is 42.3 Å². The number of Topliss-reactive ketones (excluding diaryl/α,β-unsaturated/α-hetero) is 1. The lowest BCUT2D eigenvalue weighted by Gasteiger charge is -2.33. The van der Waals surface area contributed by atoms with Crippen molar-refractivity contribution in [2.75, 3.05) is 39.1 Å². The van der Waals surface area contributed by atoms with Gasteiger partial charge < -0.3 is 25.3 Å². The van der Waals surface area contributed by atoms with Crippen LogP contribution in [0.25, 0.3) is 0 Å². The van der Waals surface area contributed by atoms with Crippen LogP contribution in [0.4, 0.5) is 5.69 Å². The van der Waals surface area contributed by atoms with Gasteiger partial charge in [0.1, 0.15) is 6.04 Å². The maximum Gasteiger partial charge on any atom is 0.251 e. The molecule has 4 atom stereocenters. The molecule has 37 heavy (non-hydrogen) atoms. The number of fused-ring (bicyclic) bond motifs is 1. The molecular formula is C29H45N5O3.